The molecule has 29 heavy (non-hydrogen) atoms. The second-order valence-electron chi connectivity index (χ2n) is 6.43. The average molecular weight is 426 g/mol. The quantitative estimate of drug-likeness (QED) is 0.514. The molecule has 146 valence electrons. The van der Waals surface area contributed by atoms with E-state index in [-0.39, 0.29) is 6.54 Å². The van der Waals surface area contributed by atoms with Crippen molar-refractivity contribution >= 4 is 39.7 Å². The number of rotatable bonds is 5. The van der Waals surface area contributed by atoms with E-state index in [0.29, 0.717) is 15.9 Å². The van der Waals surface area contributed by atoms with Gasteiger partial charge in [0.1, 0.15) is 6.54 Å². The van der Waals surface area contributed by atoms with E-state index in [0.717, 1.165) is 15.0 Å². The molecule has 0 aliphatic carbocycles. The van der Waals surface area contributed by atoms with E-state index in [4.69, 9.17) is 11.6 Å². The molecule has 1 unspecified atom stereocenters. The lowest BCUT2D eigenvalue weighted by Crippen LogP contribution is -2.41. The smallest absolute Gasteiger partial charge is 0.329 e. The Balaban J connectivity index is 1.64. The van der Waals surface area contributed by atoms with Crippen LogP contribution in [-0.2, 0) is 11.3 Å². The number of carbonyl (C=O) groups excluding carboxylic acids is 1. The molecule has 0 aliphatic rings. The highest BCUT2D eigenvalue weighted by Gasteiger charge is 2.19. The van der Waals surface area contributed by atoms with Crippen molar-refractivity contribution in [2.45, 2.75) is 12.6 Å². The van der Waals surface area contributed by atoms with Crippen LogP contribution in [0, 0.1) is 0 Å². The maximum Gasteiger partial charge on any atom is 0.329 e. The zero-order valence-corrected chi connectivity index (χ0v) is 16.7. The van der Waals surface area contributed by atoms with Gasteiger partial charge in [-0.2, -0.15) is 0 Å². The Kier molecular flexibility index (Phi) is 5.33. The molecule has 0 saturated heterocycles. The minimum Gasteiger partial charge on any atom is -0.343 e. The second kappa shape index (κ2) is 8.06. The SMILES string of the molecule is O=C(Cn1c(=O)[nH]c2ccccc2c1=O)NC(c1ccc(Cl)cc1)c1cccs1. The van der Waals surface area contributed by atoms with Crippen LogP contribution in [0.5, 0.6) is 0 Å². The van der Waals surface area contributed by atoms with Crippen molar-refractivity contribution in [2.24, 2.45) is 0 Å². The van der Waals surface area contributed by atoms with Gasteiger partial charge in [-0.05, 0) is 41.3 Å². The highest BCUT2D eigenvalue weighted by atomic mass is 35.5. The third kappa shape index (κ3) is 4.01. The zero-order chi connectivity index (χ0) is 20.4. The van der Waals surface area contributed by atoms with Crippen molar-refractivity contribution in [3.8, 4) is 0 Å². The first-order chi connectivity index (χ1) is 14.0. The van der Waals surface area contributed by atoms with E-state index in [1.807, 2.05) is 29.6 Å². The molecule has 0 radical (unpaired) electrons. The van der Waals surface area contributed by atoms with Crippen molar-refractivity contribution < 1.29 is 4.79 Å². The topological polar surface area (TPSA) is 84.0 Å². The first-order valence-corrected chi connectivity index (χ1v) is 10.1. The monoisotopic (exact) mass is 425 g/mol. The predicted molar refractivity (Wildman–Crippen MR) is 115 cm³/mol. The number of aromatic nitrogens is 2. The molecular weight excluding hydrogens is 410 g/mol. The van der Waals surface area contributed by atoms with Crippen molar-refractivity contribution in [3.63, 3.8) is 0 Å². The van der Waals surface area contributed by atoms with Crippen LogP contribution in [0.15, 0.2) is 75.6 Å². The van der Waals surface area contributed by atoms with E-state index in [1.54, 1.807) is 36.4 Å². The van der Waals surface area contributed by atoms with Gasteiger partial charge in [-0.25, -0.2) is 4.79 Å². The molecule has 2 N–H and O–H groups in total. The van der Waals surface area contributed by atoms with Crippen molar-refractivity contribution in [2.75, 3.05) is 0 Å². The Bertz CT molecular complexity index is 1280. The first-order valence-electron chi connectivity index (χ1n) is 8.83. The highest BCUT2D eigenvalue weighted by molar-refractivity contribution is 7.10. The summed E-state index contributed by atoms with van der Waals surface area (Å²) >= 11 is 7.48. The third-order valence-electron chi connectivity index (χ3n) is 4.53. The Hall–Kier alpha value is -3.16. The number of carbonyl (C=O) groups is 1. The lowest BCUT2D eigenvalue weighted by Gasteiger charge is -2.18. The largest absolute Gasteiger partial charge is 0.343 e. The van der Waals surface area contributed by atoms with Gasteiger partial charge in [-0.3, -0.25) is 14.2 Å². The van der Waals surface area contributed by atoms with Crippen LogP contribution in [0.1, 0.15) is 16.5 Å². The summed E-state index contributed by atoms with van der Waals surface area (Å²) in [5, 5.41) is 5.79. The molecule has 4 rings (SSSR count). The zero-order valence-electron chi connectivity index (χ0n) is 15.1. The van der Waals surface area contributed by atoms with Gasteiger partial charge >= 0.3 is 5.69 Å². The fourth-order valence-corrected chi connectivity index (χ4v) is 4.05. The Labute approximate surface area is 174 Å². The van der Waals surface area contributed by atoms with Gasteiger partial charge in [0.25, 0.3) is 5.56 Å². The number of para-hydroxylation sites is 1. The van der Waals surface area contributed by atoms with Gasteiger partial charge in [0.05, 0.1) is 16.9 Å². The fourth-order valence-electron chi connectivity index (χ4n) is 3.12. The summed E-state index contributed by atoms with van der Waals surface area (Å²) in [5.41, 5.74) is 0.170. The molecule has 0 saturated carbocycles. The van der Waals surface area contributed by atoms with Crippen LogP contribution < -0.4 is 16.6 Å². The van der Waals surface area contributed by atoms with Gasteiger partial charge in [-0.1, -0.05) is 41.9 Å². The van der Waals surface area contributed by atoms with E-state index >= 15 is 0 Å². The molecule has 0 spiro atoms. The van der Waals surface area contributed by atoms with Gasteiger partial charge in [-0.15, -0.1) is 11.3 Å². The summed E-state index contributed by atoms with van der Waals surface area (Å²) in [4.78, 5) is 41.3. The lowest BCUT2D eigenvalue weighted by molar-refractivity contribution is -0.122. The van der Waals surface area contributed by atoms with Crippen LogP contribution >= 0.6 is 22.9 Å². The van der Waals surface area contributed by atoms with Gasteiger partial charge in [0.2, 0.25) is 5.91 Å². The number of halogens is 1. The van der Waals surface area contributed by atoms with E-state index in [1.165, 1.54) is 11.3 Å². The summed E-state index contributed by atoms with van der Waals surface area (Å²) in [6.45, 7) is -0.380. The summed E-state index contributed by atoms with van der Waals surface area (Å²) in [7, 11) is 0. The molecule has 2 aromatic carbocycles. The van der Waals surface area contributed by atoms with Crippen LogP contribution in [0.4, 0.5) is 0 Å². The third-order valence-corrected chi connectivity index (χ3v) is 5.72. The van der Waals surface area contributed by atoms with Gasteiger partial charge in [0.15, 0.2) is 0 Å². The minimum atomic E-state index is -0.622. The number of amides is 1. The number of hydrogen-bond acceptors (Lipinski definition) is 4. The predicted octanol–water partition coefficient (Wildman–Crippen LogP) is 3.31. The second-order valence-corrected chi connectivity index (χ2v) is 7.85. The molecule has 6 nitrogen and oxygen atoms in total. The van der Waals surface area contributed by atoms with Crippen molar-refractivity contribution in [1.29, 1.82) is 0 Å². The molecule has 2 aromatic heterocycles. The van der Waals surface area contributed by atoms with Crippen molar-refractivity contribution in [1.82, 2.24) is 14.9 Å². The molecule has 8 heteroatoms. The van der Waals surface area contributed by atoms with Crippen LogP contribution in [0.2, 0.25) is 5.02 Å². The van der Waals surface area contributed by atoms with Crippen LogP contribution in [0.3, 0.4) is 0 Å². The molecular formula is C21H16ClN3O3S. The summed E-state index contributed by atoms with van der Waals surface area (Å²) in [6, 6.07) is 17.3. The molecule has 1 amide bonds. The minimum absolute atomic E-state index is 0.354. The molecule has 1 atom stereocenters. The number of H-pyrrole nitrogens is 1. The number of nitrogens with zero attached hydrogens (tertiary/aromatic N) is 1. The molecule has 0 fully saturated rings. The van der Waals surface area contributed by atoms with Gasteiger partial charge < -0.3 is 10.3 Å². The van der Waals surface area contributed by atoms with Gasteiger partial charge in [0, 0.05) is 9.90 Å². The molecule has 0 bridgehead atoms. The van der Waals surface area contributed by atoms with E-state index < -0.39 is 23.2 Å². The van der Waals surface area contributed by atoms with E-state index in [9.17, 15) is 14.4 Å². The normalized spacial score (nSPS) is 12.0. The molecule has 4 aromatic rings. The average Bonchev–Trinajstić information content (AvgIpc) is 3.25. The maximum absolute atomic E-state index is 12.8. The summed E-state index contributed by atoms with van der Waals surface area (Å²) in [5.74, 6) is -0.443. The van der Waals surface area contributed by atoms with Crippen LogP contribution in [0.25, 0.3) is 10.9 Å². The highest BCUT2D eigenvalue weighted by Crippen LogP contribution is 2.27. The first kappa shape index (κ1) is 19.2. The summed E-state index contributed by atoms with van der Waals surface area (Å²) in [6.07, 6.45) is 0. The number of benzene rings is 2. The number of aromatic amines is 1. The number of nitrogens with one attached hydrogen (secondary N) is 2. The summed E-state index contributed by atoms with van der Waals surface area (Å²) < 4.78 is 0.908. The molecule has 0 aliphatic heterocycles. The van der Waals surface area contributed by atoms with Crippen LogP contribution in [-0.4, -0.2) is 15.5 Å². The lowest BCUT2D eigenvalue weighted by atomic mass is 10.1. The Morgan fingerprint density at radius 3 is 2.55 bits per heavy atom. The Morgan fingerprint density at radius 2 is 1.83 bits per heavy atom. The maximum atomic E-state index is 12.8. The van der Waals surface area contributed by atoms with E-state index in [2.05, 4.69) is 10.3 Å². The Morgan fingerprint density at radius 1 is 1.07 bits per heavy atom. The van der Waals surface area contributed by atoms with Crippen molar-refractivity contribution in [3.05, 3.63) is 102 Å². The fraction of sp³-hybridized carbons (Fsp3) is 0.0952. The number of thiophene rings is 1. The number of fused-ring (bicyclic) bond motifs is 1. The molecule has 2 heterocycles. The number of hydrogen-bond donors (Lipinski definition) is 2. The standard InChI is InChI=1S/C21H16ClN3O3S/c22-14-9-7-13(8-10-14)19(17-6-3-11-29-17)24-18(26)12-25-20(27)15-4-1-2-5-16(15)23-21(25)28/h1-11,19H,12H2,(H,23,28)(H,24,26).